The Morgan fingerprint density at radius 3 is 2.71 bits per heavy atom. The Kier molecular flexibility index (Phi) is 5.96. The predicted molar refractivity (Wildman–Crippen MR) is 102 cm³/mol. The third kappa shape index (κ3) is 4.00. The lowest BCUT2D eigenvalue weighted by Crippen LogP contribution is -2.38. The zero-order valence-corrected chi connectivity index (χ0v) is 16.1. The molecule has 2 atom stereocenters. The third-order valence-electron chi connectivity index (χ3n) is 5.32. The molecule has 2 aliphatic heterocycles. The van der Waals surface area contributed by atoms with Crippen molar-refractivity contribution < 1.29 is 23.9 Å². The van der Waals surface area contributed by atoms with Crippen LogP contribution in [0.4, 0.5) is 10.5 Å². The number of esters is 1. The first-order valence-corrected chi connectivity index (χ1v) is 9.56. The highest BCUT2D eigenvalue weighted by atomic mass is 16.5. The minimum atomic E-state index is -0.627. The van der Waals surface area contributed by atoms with Gasteiger partial charge >= 0.3 is 12.0 Å². The average Bonchev–Trinajstić information content (AvgIpc) is 3.30. The van der Waals surface area contributed by atoms with E-state index < -0.39 is 30.4 Å². The van der Waals surface area contributed by atoms with Crippen LogP contribution in [0.3, 0.4) is 0 Å². The number of urea groups is 1. The fourth-order valence-corrected chi connectivity index (χ4v) is 3.51. The van der Waals surface area contributed by atoms with E-state index in [0.29, 0.717) is 12.5 Å². The Balaban J connectivity index is 1.62. The molecule has 0 aliphatic carbocycles. The summed E-state index contributed by atoms with van der Waals surface area (Å²) in [6.07, 6.45) is 0.989. The van der Waals surface area contributed by atoms with E-state index in [-0.39, 0.29) is 25.4 Å². The predicted octanol–water partition coefficient (Wildman–Crippen LogP) is 1.65. The molecule has 8 heteroatoms. The van der Waals surface area contributed by atoms with Gasteiger partial charge in [0.2, 0.25) is 5.91 Å². The van der Waals surface area contributed by atoms with Crippen molar-refractivity contribution in [1.29, 1.82) is 0 Å². The standard InChI is InChI=1S/C20H25N3O5/c1-3-13(2)15-6-4-5-7-16(15)23-11-14(10-17(23)24)19(26)28-12-18(25)22-9-8-21-20(22)27/h4-7,13-14H,3,8-12H2,1-2H3,(H,21,27)/t13-,14+/m1/s1. The summed E-state index contributed by atoms with van der Waals surface area (Å²) in [7, 11) is 0. The summed E-state index contributed by atoms with van der Waals surface area (Å²) in [6, 6.07) is 7.23. The summed E-state index contributed by atoms with van der Waals surface area (Å²) >= 11 is 0. The quantitative estimate of drug-likeness (QED) is 0.749. The van der Waals surface area contributed by atoms with Gasteiger partial charge in [-0.25, -0.2) is 4.79 Å². The van der Waals surface area contributed by atoms with Crippen LogP contribution >= 0.6 is 0 Å². The summed E-state index contributed by atoms with van der Waals surface area (Å²) in [5.74, 6) is -1.63. The number of rotatable bonds is 6. The van der Waals surface area contributed by atoms with Crippen molar-refractivity contribution >= 4 is 29.5 Å². The maximum absolute atomic E-state index is 12.5. The van der Waals surface area contributed by atoms with E-state index in [1.165, 1.54) is 0 Å². The minimum Gasteiger partial charge on any atom is -0.455 e. The van der Waals surface area contributed by atoms with Gasteiger partial charge < -0.3 is 15.0 Å². The number of nitrogens with zero attached hydrogens (tertiary/aromatic N) is 2. The molecule has 0 unspecified atom stereocenters. The first kappa shape index (κ1) is 19.9. The number of para-hydroxylation sites is 1. The number of hydrogen-bond acceptors (Lipinski definition) is 5. The van der Waals surface area contributed by atoms with Crippen LogP contribution in [0.1, 0.15) is 38.2 Å². The van der Waals surface area contributed by atoms with E-state index in [9.17, 15) is 19.2 Å². The van der Waals surface area contributed by atoms with Crippen LogP contribution in [0, 0.1) is 5.92 Å². The number of ether oxygens (including phenoxy) is 1. The number of hydrogen-bond donors (Lipinski definition) is 1. The molecule has 0 radical (unpaired) electrons. The second kappa shape index (κ2) is 8.41. The van der Waals surface area contributed by atoms with Gasteiger partial charge in [0, 0.05) is 31.7 Å². The number of amides is 4. The average molecular weight is 387 g/mol. The first-order valence-electron chi connectivity index (χ1n) is 9.56. The highest BCUT2D eigenvalue weighted by molar-refractivity contribution is 6.01. The van der Waals surface area contributed by atoms with Gasteiger partial charge in [-0.1, -0.05) is 32.0 Å². The molecule has 0 bridgehead atoms. The maximum atomic E-state index is 12.5. The Bertz CT molecular complexity index is 794. The van der Waals surface area contributed by atoms with Gasteiger partial charge in [0.05, 0.1) is 5.92 Å². The molecule has 2 heterocycles. The number of carbonyl (C=O) groups excluding carboxylic acids is 4. The van der Waals surface area contributed by atoms with E-state index in [1.54, 1.807) is 4.90 Å². The monoisotopic (exact) mass is 387 g/mol. The summed E-state index contributed by atoms with van der Waals surface area (Å²) < 4.78 is 5.09. The van der Waals surface area contributed by atoms with Gasteiger partial charge in [-0.05, 0) is 24.0 Å². The van der Waals surface area contributed by atoms with E-state index in [2.05, 4.69) is 19.2 Å². The van der Waals surface area contributed by atoms with Gasteiger partial charge in [-0.2, -0.15) is 0 Å². The molecule has 1 aromatic rings. The summed E-state index contributed by atoms with van der Waals surface area (Å²) in [5, 5.41) is 2.52. The second-order valence-electron chi connectivity index (χ2n) is 7.16. The summed E-state index contributed by atoms with van der Waals surface area (Å²) in [5.41, 5.74) is 1.89. The lowest BCUT2D eigenvalue weighted by molar-refractivity contribution is -0.154. The molecule has 8 nitrogen and oxygen atoms in total. The minimum absolute atomic E-state index is 0.0477. The van der Waals surface area contributed by atoms with Crippen LogP contribution in [0.25, 0.3) is 0 Å². The molecule has 150 valence electrons. The van der Waals surface area contributed by atoms with Crippen LogP contribution in [0.15, 0.2) is 24.3 Å². The van der Waals surface area contributed by atoms with Gasteiger partial charge in [0.1, 0.15) is 0 Å². The highest BCUT2D eigenvalue weighted by Gasteiger charge is 2.38. The van der Waals surface area contributed by atoms with Crippen LogP contribution in [0.5, 0.6) is 0 Å². The lowest BCUT2D eigenvalue weighted by atomic mass is 9.96. The first-order chi connectivity index (χ1) is 13.4. The molecule has 1 N–H and O–H groups in total. The van der Waals surface area contributed by atoms with Crippen molar-refractivity contribution in [2.45, 2.75) is 32.6 Å². The molecular formula is C20H25N3O5. The largest absolute Gasteiger partial charge is 0.455 e. The molecule has 28 heavy (non-hydrogen) atoms. The van der Waals surface area contributed by atoms with Crippen molar-refractivity contribution in [3.63, 3.8) is 0 Å². The van der Waals surface area contributed by atoms with Crippen molar-refractivity contribution in [3.8, 4) is 0 Å². The van der Waals surface area contributed by atoms with Crippen LogP contribution in [-0.2, 0) is 19.1 Å². The molecule has 0 saturated carbocycles. The molecule has 1 aromatic carbocycles. The second-order valence-corrected chi connectivity index (χ2v) is 7.16. The van der Waals surface area contributed by atoms with Crippen LogP contribution in [0.2, 0.25) is 0 Å². The molecule has 0 spiro atoms. The molecular weight excluding hydrogens is 362 g/mol. The van der Waals surface area contributed by atoms with Gasteiger partial charge in [-0.15, -0.1) is 0 Å². The number of nitrogens with one attached hydrogen (secondary N) is 1. The van der Waals surface area contributed by atoms with Crippen LogP contribution < -0.4 is 10.2 Å². The highest BCUT2D eigenvalue weighted by Crippen LogP contribution is 2.33. The molecule has 2 saturated heterocycles. The number of imide groups is 1. The van der Waals surface area contributed by atoms with E-state index in [1.807, 2.05) is 24.3 Å². The van der Waals surface area contributed by atoms with E-state index in [0.717, 1.165) is 22.6 Å². The van der Waals surface area contributed by atoms with Crippen LogP contribution in [-0.4, -0.2) is 55.0 Å². The van der Waals surface area contributed by atoms with E-state index in [4.69, 9.17) is 4.74 Å². The third-order valence-corrected chi connectivity index (χ3v) is 5.32. The van der Waals surface area contributed by atoms with E-state index >= 15 is 0 Å². The molecule has 4 amide bonds. The SMILES string of the molecule is CC[C@@H](C)c1ccccc1N1C[C@@H](C(=O)OCC(=O)N2CCNC2=O)CC1=O. The zero-order valence-electron chi connectivity index (χ0n) is 16.1. The van der Waals surface area contributed by atoms with Crippen molar-refractivity contribution in [3.05, 3.63) is 29.8 Å². The van der Waals surface area contributed by atoms with Crippen molar-refractivity contribution in [2.24, 2.45) is 5.92 Å². The number of benzene rings is 1. The lowest BCUT2D eigenvalue weighted by Gasteiger charge is -2.23. The topological polar surface area (TPSA) is 96.0 Å². The molecule has 2 fully saturated rings. The molecule has 2 aliphatic rings. The Morgan fingerprint density at radius 2 is 2.04 bits per heavy atom. The number of anilines is 1. The normalized spacial score (nSPS) is 20.3. The Labute approximate surface area is 163 Å². The zero-order chi connectivity index (χ0) is 20.3. The summed E-state index contributed by atoms with van der Waals surface area (Å²) in [4.78, 5) is 51.0. The van der Waals surface area contributed by atoms with Gasteiger partial charge in [-0.3, -0.25) is 19.3 Å². The smallest absolute Gasteiger partial charge is 0.324 e. The Morgan fingerprint density at radius 1 is 1.29 bits per heavy atom. The fourth-order valence-electron chi connectivity index (χ4n) is 3.51. The Hall–Kier alpha value is -2.90. The van der Waals surface area contributed by atoms with Crippen molar-refractivity contribution in [2.75, 3.05) is 31.1 Å². The summed E-state index contributed by atoms with van der Waals surface area (Å²) in [6.45, 7) is 4.57. The molecule has 3 rings (SSSR count). The maximum Gasteiger partial charge on any atom is 0.324 e. The van der Waals surface area contributed by atoms with Gasteiger partial charge in [0.15, 0.2) is 6.61 Å². The molecule has 0 aromatic heterocycles. The fraction of sp³-hybridized carbons (Fsp3) is 0.500. The van der Waals surface area contributed by atoms with Gasteiger partial charge in [0.25, 0.3) is 5.91 Å². The number of carbonyl (C=O) groups is 4. The van der Waals surface area contributed by atoms with Crippen molar-refractivity contribution in [1.82, 2.24) is 10.2 Å².